The van der Waals surface area contributed by atoms with Crippen molar-refractivity contribution in [1.82, 2.24) is 14.5 Å². The van der Waals surface area contributed by atoms with Crippen LogP contribution in [0.25, 0.3) is 16.7 Å². The van der Waals surface area contributed by atoms with Gasteiger partial charge in [0.15, 0.2) is 5.16 Å². The summed E-state index contributed by atoms with van der Waals surface area (Å²) < 4.78 is 15.7. The molecule has 0 atom stereocenters. The van der Waals surface area contributed by atoms with E-state index in [0.29, 0.717) is 21.9 Å². The zero-order chi connectivity index (χ0) is 14.8. The second-order valence-electron chi connectivity index (χ2n) is 4.23. The second-order valence-corrected chi connectivity index (χ2v) is 5.17. The number of halogens is 1. The number of imidazole rings is 1. The maximum absolute atomic E-state index is 14.1. The number of para-hydroxylation sites is 1. The Morgan fingerprint density at radius 1 is 1.33 bits per heavy atom. The van der Waals surface area contributed by atoms with E-state index in [4.69, 9.17) is 5.11 Å². The number of nitrogens with zero attached hydrogens (tertiary/aromatic N) is 3. The molecule has 2 heterocycles. The van der Waals surface area contributed by atoms with Gasteiger partial charge in [0, 0.05) is 6.20 Å². The third-order valence-electron chi connectivity index (χ3n) is 2.84. The Kier molecular flexibility index (Phi) is 3.57. The van der Waals surface area contributed by atoms with Gasteiger partial charge in [0.1, 0.15) is 11.3 Å². The predicted octanol–water partition coefficient (Wildman–Crippen LogP) is 2.74. The summed E-state index contributed by atoms with van der Waals surface area (Å²) in [7, 11) is 0. The average Bonchev–Trinajstić information content (AvgIpc) is 2.84. The van der Waals surface area contributed by atoms with Crippen LogP contribution in [0.2, 0.25) is 0 Å². The Bertz CT molecular complexity index is 819. The van der Waals surface area contributed by atoms with Crippen LogP contribution < -0.4 is 0 Å². The van der Waals surface area contributed by atoms with Gasteiger partial charge in [-0.15, -0.1) is 0 Å². The molecule has 0 saturated carbocycles. The molecule has 0 aliphatic heterocycles. The van der Waals surface area contributed by atoms with Gasteiger partial charge >= 0.3 is 5.97 Å². The summed E-state index contributed by atoms with van der Waals surface area (Å²) in [6, 6.07) is 8.02. The lowest BCUT2D eigenvalue weighted by molar-refractivity contribution is -0.133. The van der Waals surface area contributed by atoms with Gasteiger partial charge in [-0.3, -0.25) is 14.3 Å². The summed E-state index contributed by atoms with van der Waals surface area (Å²) in [5.41, 5.74) is 1.61. The van der Waals surface area contributed by atoms with Gasteiger partial charge in [-0.05, 0) is 18.2 Å². The minimum atomic E-state index is -0.953. The van der Waals surface area contributed by atoms with Crippen molar-refractivity contribution in [1.29, 1.82) is 0 Å². The van der Waals surface area contributed by atoms with E-state index in [0.717, 1.165) is 11.8 Å². The number of carbonyl (C=O) groups is 1. The van der Waals surface area contributed by atoms with Crippen molar-refractivity contribution in [3.63, 3.8) is 0 Å². The summed E-state index contributed by atoms with van der Waals surface area (Å²) >= 11 is 1.04. The highest BCUT2D eigenvalue weighted by Crippen LogP contribution is 2.28. The highest BCUT2D eigenvalue weighted by atomic mass is 32.2. The van der Waals surface area contributed by atoms with E-state index >= 15 is 0 Å². The Morgan fingerprint density at radius 3 is 2.90 bits per heavy atom. The number of fused-ring (bicyclic) bond motifs is 1. The third kappa shape index (κ3) is 2.59. The number of hydrogen-bond acceptors (Lipinski definition) is 4. The molecular formula is C14H10FN3O2S. The molecule has 0 bridgehead atoms. The zero-order valence-electron chi connectivity index (χ0n) is 10.7. The van der Waals surface area contributed by atoms with E-state index in [2.05, 4.69) is 9.97 Å². The number of benzene rings is 1. The Hall–Kier alpha value is -2.41. The van der Waals surface area contributed by atoms with Crippen molar-refractivity contribution in [2.75, 3.05) is 5.75 Å². The summed E-state index contributed by atoms with van der Waals surface area (Å²) in [4.78, 5) is 19.1. The topological polar surface area (TPSA) is 68.0 Å². The first-order chi connectivity index (χ1) is 10.2. The summed E-state index contributed by atoms with van der Waals surface area (Å²) in [5, 5.41) is 9.24. The minimum absolute atomic E-state index is 0.148. The van der Waals surface area contributed by atoms with E-state index in [1.165, 1.54) is 6.07 Å². The van der Waals surface area contributed by atoms with Gasteiger partial charge in [-0.1, -0.05) is 23.9 Å². The van der Waals surface area contributed by atoms with Crippen LogP contribution in [0, 0.1) is 5.82 Å². The van der Waals surface area contributed by atoms with Crippen LogP contribution in [0.5, 0.6) is 0 Å². The van der Waals surface area contributed by atoms with E-state index in [9.17, 15) is 9.18 Å². The minimum Gasteiger partial charge on any atom is -0.481 e. The number of carboxylic acid groups (broad SMARTS) is 1. The fourth-order valence-corrected chi connectivity index (χ4v) is 2.74. The van der Waals surface area contributed by atoms with Gasteiger partial charge in [0.05, 0.1) is 23.2 Å². The van der Waals surface area contributed by atoms with E-state index in [-0.39, 0.29) is 5.75 Å². The van der Waals surface area contributed by atoms with Gasteiger partial charge in [0.2, 0.25) is 0 Å². The van der Waals surface area contributed by atoms with Crippen molar-refractivity contribution >= 4 is 28.8 Å². The molecule has 3 aromatic rings. The summed E-state index contributed by atoms with van der Waals surface area (Å²) in [5.74, 6) is -1.50. The molecule has 0 aliphatic rings. The molecule has 7 heteroatoms. The maximum atomic E-state index is 14.1. The predicted molar refractivity (Wildman–Crippen MR) is 77.2 cm³/mol. The van der Waals surface area contributed by atoms with Crippen LogP contribution in [0.15, 0.2) is 47.9 Å². The van der Waals surface area contributed by atoms with Crippen LogP contribution in [0.4, 0.5) is 4.39 Å². The van der Waals surface area contributed by atoms with Gasteiger partial charge in [0.25, 0.3) is 0 Å². The number of carboxylic acids is 1. The van der Waals surface area contributed by atoms with Gasteiger partial charge in [-0.25, -0.2) is 9.37 Å². The quantitative estimate of drug-likeness (QED) is 0.751. The lowest BCUT2D eigenvalue weighted by Gasteiger charge is -2.09. The second kappa shape index (κ2) is 5.53. The molecule has 0 spiro atoms. The van der Waals surface area contributed by atoms with Crippen molar-refractivity contribution in [2.24, 2.45) is 0 Å². The van der Waals surface area contributed by atoms with Gasteiger partial charge in [-0.2, -0.15) is 0 Å². The Labute approximate surface area is 123 Å². The van der Waals surface area contributed by atoms with Crippen LogP contribution >= 0.6 is 11.8 Å². The SMILES string of the molecule is O=C(O)CSc1nc2cnccc2n1-c1ccccc1F. The normalized spacial score (nSPS) is 10.9. The molecule has 106 valence electrons. The number of hydrogen-bond donors (Lipinski definition) is 1. The largest absolute Gasteiger partial charge is 0.481 e. The molecular weight excluding hydrogens is 293 g/mol. The summed E-state index contributed by atoms with van der Waals surface area (Å²) in [6.07, 6.45) is 3.16. The molecule has 1 N–H and O–H groups in total. The molecule has 3 rings (SSSR count). The molecule has 0 radical (unpaired) electrons. The van der Waals surface area contributed by atoms with Crippen molar-refractivity contribution in [2.45, 2.75) is 5.16 Å². The first-order valence-electron chi connectivity index (χ1n) is 6.09. The standard InChI is InChI=1S/C14H10FN3O2S/c15-9-3-1-2-4-11(9)18-12-5-6-16-7-10(12)17-14(18)21-8-13(19)20/h1-7H,8H2,(H,19,20). The Morgan fingerprint density at radius 2 is 2.14 bits per heavy atom. The molecule has 0 fully saturated rings. The molecule has 1 aromatic carbocycles. The maximum Gasteiger partial charge on any atom is 0.313 e. The van der Waals surface area contributed by atoms with Crippen LogP contribution in [0.3, 0.4) is 0 Å². The highest BCUT2D eigenvalue weighted by molar-refractivity contribution is 7.99. The van der Waals surface area contributed by atoms with Crippen molar-refractivity contribution in [3.05, 3.63) is 48.5 Å². The number of aromatic nitrogens is 3. The van der Waals surface area contributed by atoms with Crippen LogP contribution in [-0.4, -0.2) is 31.4 Å². The summed E-state index contributed by atoms with van der Waals surface area (Å²) in [6.45, 7) is 0. The molecule has 0 saturated heterocycles. The van der Waals surface area contributed by atoms with E-state index < -0.39 is 11.8 Å². The highest BCUT2D eigenvalue weighted by Gasteiger charge is 2.16. The van der Waals surface area contributed by atoms with Crippen molar-refractivity contribution < 1.29 is 14.3 Å². The molecule has 21 heavy (non-hydrogen) atoms. The molecule has 0 aliphatic carbocycles. The first kappa shape index (κ1) is 13.6. The molecule has 0 amide bonds. The monoisotopic (exact) mass is 303 g/mol. The smallest absolute Gasteiger partial charge is 0.313 e. The zero-order valence-corrected chi connectivity index (χ0v) is 11.5. The lowest BCUT2D eigenvalue weighted by Crippen LogP contribution is -2.03. The van der Waals surface area contributed by atoms with Crippen LogP contribution in [-0.2, 0) is 4.79 Å². The number of rotatable bonds is 4. The molecule has 2 aromatic heterocycles. The number of pyridine rings is 1. The van der Waals surface area contributed by atoms with Gasteiger partial charge < -0.3 is 5.11 Å². The van der Waals surface area contributed by atoms with E-state index in [1.54, 1.807) is 41.2 Å². The van der Waals surface area contributed by atoms with Crippen molar-refractivity contribution in [3.8, 4) is 5.69 Å². The third-order valence-corrected chi connectivity index (χ3v) is 3.77. The first-order valence-corrected chi connectivity index (χ1v) is 7.07. The molecule has 0 unspecified atom stereocenters. The Balaban J connectivity index is 2.20. The average molecular weight is 303 g/mol. The number of thioether (sulfide) groups is 1. The fraction of sp³-hybridized carbons (Fsp3) is 0.0714. The van der Waals surface area contributed by atoms with E-state index in [1.807, 2.05) is 0 Å². The van der Waals surface area contributed by atoms with Crippen LogP contribution in [0.1, 0.15) is 0 Å². The molecule has 5 nitrogen and oxygen atoms in total. The fourth-order valence-electron chi connectivity index (χ4n) is 2.00. The lowest BCUT2D eigenvalue weighted by atomic mass is 10.3. The number of aliphatic carboxylic acids is 1.